The van der Waals surface area contributed by atoms with Crippen LogP contribution in [0.3, 0.4) is 0 Å². The maximum Gasteiger partial charge on any atom is 0.227 e. The fourth-order valence-electron chi connectivity index (χ4n) is 2.33. The second-order valence-corrected chi connectivity index (χ2v) is 5.05. The van der Waals surface area contributed by atoms with E-state index in [1.165, 1.54) is 5.69 Å². The molecule has 1 saturated carbocycles. The second kappa shape index (κ2) is 4.53. The molecule has 1 aromatic rings. The lowest BCUT2D eigenvalue weighted by molar-refractivity contribution is -0.135. The van der Waals surface area contributed by atoms with Crippen molar-refractivity contribution in [3.8, 4) is 0 Å². The number of amides is 1. The van der Waals surface area contributed by atoms with Gasteiger partial charge in [-0.3, -0.25) is 4.79 Å². The summed E-state index contributed by atoms with van der Waals surface area (Å²) in [6.07, 6.45) is 2.98. The molecule has 1 fully saturated rings. The van der Waals surface area contributed by atoms with Crippen molar-refractivity contribution in [2.24, 2.45) is 18.2 Å². The van der Waals surface area contributed by atoms with Crippen LogP contribution >= 0.6 is 0 Å². The first-order valence-electron chi connectivity index (χ1n) is 6.19. The number of aromatic nitrogens is 1. The smallest absolute Gasteiger partial charge is 0.227 e. The zero-order valence-corrected chi connectivity index (χ0v) is 10.6. The number of aryl methyl sites for hydroxylation is 1. The van der Waals surface area contributed by atoms with Crippen LogP contribution in [-0.4, -0.2) is 17.0 Å². The van der Waals surface area contributed by atoms with Crippen LogP contribution in [0.4, 0.5) is 0 Å². The molecule has 0 saturated heterocycles. The van der Waals surface area contributed by atoms with E-state index in [1.54, 1.807) is 0 Å². The van der Waals surface area contributed by atoms with Gasteiger partial charge in [0.1, 0.15) is 0 Å². The van der Waals surface area contributed by atoms with Gasteiger partial charge in [0.15, 0.2) is 0 Å². The number of hydrogen-bond acceptors (Lipinski definition) is 2. The Balaban J connectivity index is 1.94. The van der Waals surface area contributed by atoms with Crippen LogP contribution < -0.4 is 11.1 Å². The number of hydrogen-bond donors (Lipinski definition) is 2. The predicted molar refractivity (Wildman–Crippen MR) is 67.3 cm³/mol. The highest BCUT2D eigenvalue weighted by atomic mass is 16.2. The van der Waals surface area contributed by atoms with Gasteiger partial charge in [-0.25, -0.2) is 0 Å². The van der Waals surface area contributed by atoms with Crippen molar-refractivity contribution < 1.29 is 4.79 Å². The summed E-state index contributed by atoms with van der Waals surface area (Å²) in [5.74, 6) is 0.116. The van der Waals surface area contributed by atoms with Gasteiger partial charge >= 0.3 is 0 Å². The van der Waals surface area contributed by atoms with E-state index in [1.807, 2.05) is 13.1 Å². The Morgan fingerprint density at radius 2 is 2.24 bits per heavy atom. The number of rotatable bonds is 4. The van der Waals surface area contributed by atoms with E-state index in [2.05, 4.69) is 22.9 Å². The van der Waals surface area contributed by atoms with Crippen molar-refractivity contribution in [1.82, 2.24) is 9.88 Å². The first-order chi connectivity index (χ1) is 8.09. The fourth-order valence-corrected chi connectivity index (χ4v) is 2.33. The van der Waals surface area contributed by atoms with Gasteiger partial charge in [-0.2, -0.15) is 0 Å². The Morgan fingerprint density at radius 1 is 1.53 bits per heavy atom. The first-order valence-corrected chi connectivity index (χ1v) is 6.19. The van der Waals surface area contributed by atoms with Crippen LogP contribution in [0.15, 0.2) is 12.1 Å². The lowest BCUT2D eigenvalue weighted by atomic mass is 9.68. The number of nitrogens with two attached hydrogens (primary N) is 1. The molecule has 1 heterocycles. The molecule has 4 nitrogen and oxygen atoms in total. The van der Waals surface area contributed by atoms with Crippen molar-refractivity contribution in [2.75, 3.05) is 6.54 Å². The number of carbonyl (C=O) groups is 1. The van der Waals surface area contributed by atoms with Gasteiger partial charge in [-0.05, 0) is 31.9 Å². The molecule has 17 heavy (non-hydrogen) atoms. The molecule has 2 rings (SSSR count). The SMILES string of the molecule is Cc1ccc(CNC(=O)C2(CN)CCC2)n1C. The molecule has 1 amide bonds. The molecule has 4 heteroatoms. The largest absolute Gasteiger partial charge is 0.350 e. The Morgan fingerprint density at radius 3 is 2.65 bits per heavy atom. The number of nitrogens with zero attached hydrogens (tertiary/aromatic N) is 1. The Bertz CT molecular complexity index is 413. The summed E-state index contributed by atoms with van der Waals surface area (Å²) in [7, 11) is 2.01. The van der Waals surface area contributed by atoms with Crippen molar-refractivity contribution in [3.05, 3.63) is 23.5 Å². The van der Waals surface area contributed by atoms with Gasteiger partial charge < -0.3 is 15.6 Å². The molecule has 0 radical (unpaired) electrons. The molecule has 0 atom stereocenters. The highest BCUT2D eigenvalue weighted by Crippen LogP contribution is 2.40. The van der Waals surface area contributed by atoms with Crippen LogP contribution in [0.5, 0.6) is 0 Å². The van der Waals surface area contributed by atoms with Crippen LogP contribution in [0, 0.1) is 12.3 Å². The first kappa shape index (κ1) is 12.2. The molecule has 0 unspecified atom stereocenters. The summed E-state index contributed by atoms with van der Waals surface area (Å²) < 4.78 is 2.09. The summed E-state index contributed by atoms with van der Waals surface area (Å²) in [6.45, 7) is 3.11. The van der Waals surface area contributed by atoms with E-state index >= 15 is 0 Å². The fraction of sp³-hybridized carbons (Fsp3) is 0.615. The molecule has 0 aliphatic heterocycles. The van der Waals surface area contributed by atoms with Gasteiger partial charge in [-0.15, -0.1) is 0 Å². The lowest BCUT2D eigenvalue weighted by Crippen LogP contribution is -2.50. The van der Waals surface area contributed by atoms with Gasteiger partial charge in [0.25, 0.3) is 0 Å². The number of nitrogens with one attached hydrogen (secondary N) is 1. The lowest BCUT2D eigenvalue weighted by Gasteiger charge is -2.39. The summed E-state index contributed by atoms with van der Waals surface area (Å²) in [5.41, 5.74) is 7.76. The van der Waals surface area contributed by atoms with Gasteiger partial charge in [0.2, 0.25) is 5.91 Å². The molecular formula is C13H21N3O. The predicted octanol–water partition coefficient (Wildman–Crippen LogP) is 1.08. The molecule has 0 aromatic carbocycles. The molecule has 94 valence electrons. The van der Waals surface area contributed by atoms with Crippen molar-refractivity contribution in [2.45, 2.75) is 32.7 Å². The third-order valence-corrected chi connectivity index (χ3v) is 4.09. The standard InChI is InChI=1S/C13H21N3O/c1-10-4-5-11(16(10)2)8-15-12(17)13(9-14)6-3-7-13/h4-5H,3,6-9,14H2,1-2H3,(H,15,17). The highest BCUT2D eigenvalue weighted by Gasteiger charge is 2.42. The molecule has 0 spiro atoms. The Kier molecular flexibility index (Phi) is 3.24. The topological polar surface area (TPSA) is 60.1 Å². The molecule has 0 bridgehead atoms. The zero-order chi connectivity index (χ0) is 12.5. The maximum absolute atomic E-state index is 12.1. The minimum atomic E-state index is -0.278. The van der Waals surface area contributed by atoms with E-state index < -0.39 is 0 Å². The van der Waals surface area contributed by atoms with Crippen molar-refractivity contribution >= 4 is 5.91 Å². The zero-order valence-electron chi connectivity index (χ0n) is 10.6. The van der Waals surface area contributed by atoms with Crippen LogP contribution in [0.25, 0.3) is 0 Å². The van der Waals surface area contributed by atoms with E-state index in [0.29, 0.717) is 13.1 Å². The maximum atomic E-state index is 12.1. The molecule has 1 aromatic heterocycles. The molecule has 3 N–H and O–H groups in total. The van der Waals surface area contributed by atoms with Crippen molar-refractivity contribution in [1.29, 1.82) is 0 Å². The van der Waals surface area contributed by atoms with Crippen LogP contribution in [0.1, 0.15) is 30.7 Å². The second-order valence-electron chi connectivity index (χ2n) is 5.05. The highest BCUT2D eigenvalue weighted by molar-refractivity contribution is 5.83. The monoisotopic (exact) mass is 235 g/mol. The normalized spacial score (nSPS) is 17.6. The third kappa shape index (κ3) is 2.09. The Labute approximate surface area is 102 Å². The molecular weight excluding hydrogens is 214 g/mol. The van der Waals surface area contributed by atoms with Crippen LogP contribution in [0.2, 0.25) is 0 Å². The summed E-state index contributed by atoms with van der Waals surface area (Å²) in [6, 6.07) is 4.11. The average Bonchev–Trinajstić information content (AvgIpc) is 2.56. The van der Waals surface area contributed by atoms with E-state index in [4.69, 9.17) is 5.73 Å². The van der Waals surface area contributed by atoms with Gasteiger partial charge in [-0.1, -0.05) is 6.42 Å². The average molecular weight is 235 g/mol. The van der Waals surface area contributed by atoms with Gasteiger partial charge in [0, 0.05) is 25.0 Å². The third-order valence-electron chi connectivity index (χ3n) is 4.09. The van der Waals surface area contributed by atoms with E-state index in [-0.39, 0.29) is 11.3 Å². The minimum absolute atomic E-state index is 0.116. The Hall–Kier alpha value is -1.29. The minimum Gasteiger partial charge on any atom is -0.350 e. The van der Waals surface area contributed by atoms with Crippen LogP contribution in [-0.2, 0) is 18.4 Å². The van der Waals surface area contributed by atoms with E-state index in [9.17, 15) is 4.79 Å². The summed E-state index contributed by atoms with van der Waals surface area (Å²) in [5, 5.41) is 3.01. The number of carbonyl (C=O) groups excluding carboxylic acids is 1. The van der Waals surface area contributed by atoms with E-state index in [0.717, 1.165) is 25.0 Å². The summed E-state index contributed by atoms with van der Waals surface area (Å²) in [4.78, 5) is 12.1. The quantitative estimate of drug-likeness (QED) is 0.820. The van der Waals surface area contributed by atoms with Gasteiger partial charge in [0.05, 0.1) is 12.0 Å². The molecule has 1 aliphatic carbocycles. The van der Waals surface area contributed by atoms with Crippen molar-refractivity contribution in [3.63, 3.8) is 0 Å². The summed E-state index contributed by atoms with van der Waals surface area (Å²) >= 11 is 0. The molecule has 1 aliphatic rings.